The van der Waals surface area contributed by atoms with Gasteiger partial charge in [0.05, 0.1) is 0 Å². The van der Waals surface area contributed by atoms with Crippen molar-refractivity contribution >= 4 is 23.4 Å². The van der Waals surface area contributed by atoms with Gasteiger partial charge >= 0.3 is 0 Å². The van der Waals surface area contributed by atoms with Crippen molar-refractivity contribution < 1.29 is 4.79 Å². The third kappa shape index (κ3) is 3.16. The van der Waals surface area contributed by atoms with E-state index in [1.54, 1.807) is 16.7 Å². The van der Waals surface area contributed by atoms with Crippen LogP contribution in [0.5, 0.6) is 0 Å². The average Bonchev–Trinajstić information content (AvgIpc) is 2.31. The summed E-state index contributed by atoms with van der Waals surface area (Å²) in [5.74, 6) is 0.972. The monoisotopic (exact) mass is 252 g/mol. The second kappa shape index (κ2) is 5.96. The molecule has 4 heteroatoms. The number of amides is 1. The van der Waals surface area contributed by atoms with Crippen LogP contribution in [0.25, 0.3) is 0 Å². The number of benzene rings is 1. The molecule has 0 bridgehead atoms. The quantitative estimate of drug-likeness (QED) is 0.837. The molecule has 0 radical (unpaired) electrons. The van der Waals surface area contributed by atoms with Crippen molar-refractivity contribution in [2.24, 2.45) is 0 Å². The van der Waals surface area contributed by atoms with E-state index < -0.39 is 0 Å². The van der Waals surface area contributed by atoms with Crippen molar-refractivity contribution in [3.8, 4) is 0 Å². The van der Waals surface area contributed by atoms with Crippen molar-refractivity contribution in [2.45, 2.75) is 19.9 Å². The maximum absolute atomic E-state index is 12.3. The molecule has 0 aromatic heterocycles. The Labute approximate surface area is 107 Å². The lowest BCUT2D eigenvalue weighted by molar-refractivity contribution is 0.0757. The molecule has 0 heterocycles. The molecule has 1 amide bonds. The van der Waals surface area contributed by atoms with E-state index in [1.165, 1.54) is 0 Å². The third-order valence-electron chi connectivity index (χ3n) is 3.00. The van der Waals surface area contributed by atoms with E-state index >= 15 is 0 Å². The molecule has 0 saturated carbocycles. The number of rotatable bonds is 4. The smallest absolute Gasteiger partial charge is 0.254 e. The summed E-state index contributed by atoms with van der Waals surface area (Å²) in [6.45, 7) is 3.94. The van der Waals surface area contributed by atoms with Crippen LogP contribution in [-0.4, -0.2) is 35.9 Å². The molecule has 94 valence electrons. The highest BCUT2D eigenvalue weighted by Crippen LogP contribution is 2.18. The second-order valence-electron chi connectivity index (χ2n) is 4.24. The molecule has 1 atom stereocenters. The first-order valence-corrected chi connectivity index (χ1v) is 6.99. The normalized spacial score (nSPS) is 12.2. The van der Waals surface area contributed by atoms with Crippen LogP contribution in [0.4, 0.5) is 5.69 Å². The standard InChI is InChI=1S/C13H20N2OS/c1-9(8-17-4)15(3)13(16)11-6-5-7-12(14)10(11)2/h5-7,9H,8,14H2,1-4H3. The van der Waals surface area contributed by atoms with Gasteiger partial charge in [-0.2, -0.15) is 11.8 Å². The van der Waals surface area contributed by atoms with Crippen LogP contribution in [0.1, 0.15) is 22.8 Å². The number of hydrogen-bond donors (Lipinski definition) is 1. The molecule has 1 aromatic rings. The summed E-state index contributed by atoms with van der Waals surface area (Å²) in [7, 11) is 1.84. The molecule has 2 N–H and O–H groups in total. The molecule has 0 spiro atoms. The van der Waals surface area contributed by atoms with Gasteiger partial charge in [-0.3, -0.25) is 4.79 Å². The summed E-state index contributed by atoms with van der Waals surface area (Å²) in [5, 5.41) is 0. The fourth-order valence-corrected chi connectivity index (χ4v) is 2.33. The Bertz CT molecular complexity index is 406. The molecule has 17 heavy (non-hydrogen) atoms. The summed E-state index contributed by atoms with van der Waals surface area (Å²) in [6.07, 6.45) is 2.04. The number of nitrogens with two attached hydrogens (primary N) is 1. The SMILES string of the molecule is CSCC(C)N(C)C(=O)c1cccc(N)c1C. The van der Waals surface area contributed by atoms with Crippen LogP contribution in [0, 0.1) is 6.92 Å². The summed E-state index contributed by atoms with van der Waals surface area (Å²) in [5.41, 5.74) is 8.04. The Kier molecular flexibility index (Phi) is 4.87. The number of nitrogen functional groups attached to an aromatic ring is 1. The van der Waals surface area contributed by atoms with Gasteiger partial charge in [-0.25, -0.2) is 0 Å². The summed E-state index contributed by atoms with van der Waals surface area (Å²) in [4.78, 5) is 14.1. The van der Waals surface area contributed by atoms with Crippen molar-refractivity contribution in [3.63, 3.8) is 0 Å². The molecular formula is C13H20N2OS. The van der Waals surface area contributed by atoms with Gasteiger partial charge < -0.3 is 10.6 Å². The van der Waals surface area contributed by atoms with Gasteiger partial charge in [0.25, 0.3) is 5.91 Å². The Hall–Kier alpha value is -1.16. The Morgan fingerprint density at radius 3 is 2.76 bits per heavy atom. The molecule has 0 aliphatic carbocycles. The lowest BCUT2D eigenvalue weighted by Gasteiger charge is -2.25. The number of nitrogens with zero attached hydrogens (tertiary/aromatic N) is 1. The van der Waals surface area contributed by atoms with Crippen LogP contribution in [0.2, 0.25) is 0 Å². The van der Waals surface area contributed by atoms with E-state index in [2.05, 4.69) is 6.92 Å². The minimum atomic E-state index is 0.0383. The Morgan fingerprint density at radius 1 is 1.53 bits per heavy atom. The predicted octanol–water partition coefficient (Wildman–Crippen LogP) is 2.40. The van der Waals surface area contributed by atoms with E-state index in [1.807, 2.05) is 38.4 Å². The van der Waals surface area contributed by atoms with E-state index in [-0.39, 0.29) is 11.9 Å². The minimum absolute atomic E-state index is 0.0383. The van der Waals surface area contributed by atoms with E-state index in [0.717, 1.165) is 11.3 Å². The van der Waals surface area contributed by atoms with Gasteiger partial charge in [0.1, 0.15) is 0 Å². The number of carbonyl (C=O) groups is 1. The summed E-state index contributed by atoms with van der Waals surface area (Å²) in [6, 6.07) is 5.69. The topological polar surface area (TPSA) is 46.3 Å². The van der Waals surface area contributed by atoms with Crippen LogP contribution < -0.4 is 5.73 Å². The predicted molar refractivity (Wildman–Crippen MR) is 75.5 cm³/mol. The molecule has 0 saturated heterocycles. The maximum atomic E-state index is 12.3. The number of thioether (sulfide) groups is 1. The van der Waals surface area contributed by atoms with Gasteiger partial charge in [0.2, 0.25) is 0 Å². The first-order chi connectivity index (χ1) is 7.99. The fourth-order valence-electron chi connectivity index (χ4n) is 1.63. The molecule has 1 rings (SSSR count). The number of anilines is 1. The molecule has 3 nitrogen and oxygen atoms in total. The highest BCUT2D eigenvalue weighted by molar-refractivity contribution is 7.98. The van der Waals surface area contributed by atoms with Crippen molar-refractivity contribution in [3.05, 3.63) is 29.3 Å². The Balaban J connectivity index is 2.93. The van der Waals surface area contributed by atoms with Crippen molar-refractivity contribution in [1.82, 2.24) is 4.90 Å². The van der Waals surface area contributed by atoms with Gasteiger partial charge in [-0.1, -0.05) is 6.07 Å². The van der Waals surface area contributed by atoms with Crippen LogP contribution in [-0.2, 0) is 0 Å². The molecule has 1 aromatic carbocycles. The van der Waals surface area contributed by atoms with Crippen molar-refractivity contribution in [1.29, 1.82) is 0 Å². The van der Waals surface area contributed by atoms with Crippen LogP contribution >= 0.6 is 11.8 Å². The molecular weight excluding hydrogens is 232 g/mol. The first-order valence-electron chi connectivity index (χ1n) is 5.60. The van der Waals surface area contributed by atoms with Gasteiger partial charge in [-0.05, 0) is 37.8 Å². The fraction of sp³-hybridized carbons (Fsp3) is 0.462. The van der Waals surface area contributed by atoms with Crippen LogP contribution in [0.3, 0.4) is 0 Å². The summed E-state index contributed by atoms with van der Waals surface area (Å²) < 4.78 is 0. The van der Waals surface area contributed by atoms with Gasteiger partial charge in [-0.15, -0.1) is 0 Å². The second-order valence-corrected chi connectivity index (χ2v) is 5.15. The zero-order valence-corrected chi connectivity index (χ0v) is 11.7. The molecule has 0 fully saturated rings. The van der Waals surface area contributed by atoms with Gasteiger partial charge in [0, 0.05) is 30.1 Å². The van der Waals surface area contributed by atoms with Crippen molar-refractivity contribution in [2.75, 3.05) is 24.8 Å². The summed E-state index contributed by atoms with van der Waals surface area (Å²) >= 11 is 1.74. The van der Waals surface area contributed by atoms with E-state index in [4.69, 9.17) is 5.73 Å². The number of hydrogen-bond acceptors (Lipinski definition) is 3. The molecule has 0 aliphatic rings. The molecule has 0 aliphatic heterocycles. The molecule has 1 unspecified atom stereocenters. The largest absolute Gasteiger partial charge is 0.398 e. The highest BCUT2D eigenvalue weighted by Gasteiger charge is 2.19. The van der Waals surface area contributed by atoms with Crippen LogP contribution in [0.15, 0.2) is 18.2 Å². The first kappa shape index (κ1) is 13.9. The zero-order valence-electron chi connectivity index (χ0n) is 10.9. The third-order valence-corrected chi connectivity index (χ3v) is 3.81. The number of carbonyl (C=O) groups excluding carboxylic acids is 1. The average molecular weight is 252 g/mol. The highest BCUT2D eigenvalue weighted by atomic mass is 32.2. The lowest BCUT2D eigenvalue weighted by atomic mass is 10.1. The van der Waals surface area contributed by atoms with E-state index in [0.29, 0.717) is 11.3 Å². The van der Waals surface area contributed by atoms with Gasteiger partial charge in [0.15, 0.2) is 0 Å². The Morgan fingerprint density at radius 2 is 2.18 bits per heavy atom. The van der Waals surface area contributed by atoms with E-state index in [9.17, 15) is 4.79 Å². The maximum Gasteiger partial charge on any atom is 0.254 e. The zero-order chi connectivity index (χ0) is 13.0. The lowest BCUT2D eigenvalue weighted by Crippen LogP contribution is -2.37. The minimum Gasteiger partial charge on any atom is -0.398 e.